The van der Waals surface area contributed by atoms with E-state index in [0.717, 1.165) is 22.2 Å². The van der Waals surface area contributed by atoms with E-state index in [-0.39, 0.29) is 10.1 Å². The van der Waals surface area contributed by atoms with Gasteiger partial charge in [0.25, 0.3) is 0 Å². The molecule has 0 aliphatic rings. The summed E-state index contributed by atoms with van der Waals surface area (Å²) in [5.74, 6) is 0. The van der Waals surface area contributed by atoms with Crippen LogP contribution in [0.15, 0.2) is 47.5 Å². The fraction of sp³-hybridized carbons (Fsp3) is 0.222. The molecule has 4 rings (SSSR count). The lowest BCUT2D eigenvalue weighted by Gasteiger charge is -2.20. The van der Waals surface area contributed by atoms with Crippen molar-refractivity contribution >= 4 is 33.0 Å². The van der Waals surface area contributed by atoms with Crippen LogP contribution in [0.5, 0.6) is 0 Å². The van der Waals surface area contributed by atoms with Gasteiger partial charge in [-0.25, -0.2) is 10.2 Å². The quantitative estimate of drug-likeness (QED) is 0.344. The van der Waals surface area contributed by atoms with Gasteiger partial charge in [0, 0.05) is 11.1 Å². The van der Waals surface area contributed by atoms with E-state index in [2.05, 4.69) is 10.3 Å². The first kappa shape index (κ1) is 14.9. The molecule has 0 bridgehead atoms. The number of nitrogens with zero attached hydrogens (tertiary/aromatic N) is 3. The van der Waals surface area contributed by atoms with Crippen LogP contribution in [0.1, 0.15) is 0 Å². The number of pyridine rings is 1. The first-order chi connectivity index (χ1) is 11.5. The zero-order chi connectivity index (χ0) is 16.9. The van der Waals surface area contributed by atoms with Crippen molar-refractivity contribution in [2.75, 3.05) is 32.5 Å². The Kier molecular flexibility index (Phi) is 3.19. The van der Waals surface area contributed by atoms with Crippen molar-refractivity contribution < 1.29 is 9.85 Å². The molecular weight excluding hydrogens is 304 g/mol. The molecule has 0 aliphatic carbocycles. The summed E-state index contributed by atoms with van der Waals surface area (Å²) < 4.78 is 1.85. The second kappa shape index (κ2) is 5.15. The zero-order valence-corrected chi connectivity index (χ0v) is 13.7. The van der Waals surface area contributed by atoms with E-state index >= 15 is 0 Å². The Morgan fingerprint density at radius 3 is 2.79 bits per heavy atom. The van der Waals surface area contributed by atoms with Crippen LogP contribution in [0.4, 0.5) is 5.69 Å². The summed E-state index contributed by atoms with van der Waals surface area (Å²) in [5, 5.41) is 14.4. The van der Waals surface area contributed by atoms with Gasteiger partial charge in [0.2, 0.25) is 0 Å². The van der Waals surface area contributed by atoms with E-state index in [1.807, 2.05) is 40.8 Å². The van der Waals surface area contributed by atoms with Gasteiger partial charge in [0.1, 0.15) is 12.9 Å². The van der Waals surface area contributed by atoms with Gasteiger partial charge in [0.15, 0.2) is 5.43 Å². The minimum Gasteiger partial charge on any atom is -0.379 e. The predicted molar refractivity (Wildman–Crippen MR) is 94.9 cm³/mol. The van der Waals surface area contributed by atoms with Crippen LogP contribution in [0.2, 0.25) is 0 Å². The number of hydrogen-bond donors (Lipinski definition) is 2. The molecule has 0 saturated heterocycles. The maximum atomic E-state index is 13.0. The van der Waals surface area contributed by atoms with E-state index in [1.54, 1.807) is 20.4 Å². The third-order valence-corrected chi connectivity index (χ3v) is 4.32. The highest BCUT2D eigenvalue weighted by atomic mass is 16.5. The Bertz CT molecular complexity index is 1100. The number of rotatable bonds is 4. The Morgan fingerprint density at radius 1 is 1.21 bits per heavy atom. The van der Waals surface area contributed by atoms with Crippen molar-refractivity contribution in [3.63, 3.8) is 0 Å². The van der Waals surface area contributed by atoms with Gasteiger partial charge in [-0.3, -0.25) is 9.20 Å². The molecule has 2 N–H and O–H groups in total. The summed E-state index contributed by atoms with van der Waals surface area (Å²) in [4.78, 5) is 17.5. The lowest BCUT2D eigenvalue weighted by atomic mass is 10.1. The fourth-order valence-corrected chi connectivity index (χ4v) is 3.14. The van der Waals surface area contributed by atoms with Gasteiger partial charge in [0.05, 0.1) is 42.6 Å². The largest absolute Gasteiger partial charge is 0.379 e. The van der Waals surface area contributed by atoms with Gasteiger partial charge >= 0.3 is 0 Å². The third kappa shape index (κ3) is 2.28. The highest BCUT2D eigenvalue weighted by Crippen LogP contribution is 2.28. The van der Waals surface area contributed by atoms with E-state index in [9.17, 15) is 10.0 Å². The van der Waals surface area contributed by atoms with Crippen LogP contribution in [-0.2, 0) is 0 Å². The molecule has 2 aromatic heterocycles. The van der Waals surface area contributed by atoms with Crippen molar-refractivity contribution in [3.05, 3.63) is 52.9 Å². The predicted octanol–water partition coefficient (Wildman–Crippen LogP) is 2.32. The normalized spacial score (nSPS) is 12.5. The van der Waals surface area contributed by atoms with Gasteiger partial charge in [-0.1, -0.05) is 12.1 Å². The number of quaternary nitrogens is 1. The number of para-hydroxylation sites is 1. The standard InChI is InChI=1S/C18H18N4O2/c1-22(2,24)10-9-19-13-7-8-14-17-16(13)18(23)12-5-3-4-6-15(12)21(17)11-20-14/h3-8,11,24H,9-10H2,1-2H3/p+1. The number of hydroxylamine groups is 3. The molecule has 2 aromatic carbocycles. The number of aromatic nitrogens is 2. The topological polar surface area (TPSA) is 66.6 Å². The minimum absolute atomic E-state index is 0.00412. The zero-order valence-electron chi connectivity index (χ0n) is 13.7. The monoisotopic (exact) mass is 323 g/mol. The Balaban J connectivity index is 1.95. The summed E-state index contributed by atoms with van der Waals surface area (Å²) >= 11 is 0. The summed E-state index contributed by atoms with van der Waals surface area (Å²) in [6.45, 7) is 1.09. The van der Waals surface area contributed by atoms with E-state index in [1.165, 1.54) is 0 Å². The molecule has 0 atom stereocenters. The van der Waals surface area contributed by atoms with Crippen LogP contribution in [0.25, 0.3) is 27.3 Å². The molecule has 24 heavy (non-hydrogen) atoms. The van der Waals surface area contributed by atoms with Crippen molar-refractivity contribution in [1.29, 1.82) is 0 Å². The van der Waals surface area contributed by atoms with E-state index < -0.39 is 0 Å². The average Bonchev–Trinajstić information content (AvgIpc) is 2.96. The first-order valence-electron chi connectivity index (χ1n) is 7.89. The number of hydrogen-bond acceptors (Lipinski definition) is 4. The third-order valence-electron chi connectivity index (χ3n) is 4.32. The van der Waals surface area contributed by atoms with Crippen molar-refractivity contribution in [1.82, 2.24) is 9.38 Å². The van der Waals surface area contributed by atoms with Crippen molar-refractivity contribution in [2.45, 2.75) is 0 Å². The summed E-state index contributed by atoms with van der Waals surface area (Å²) in [7, 11) is 3.43. The smallest absolute Gasteiger partial charge is 0.199 e. The van der Waals surface area contributed by atoms with Crippen LogP contribution in [0, 0.1) is 0 Å². The number of imidazole rings is 1. The Morgan fingerprint density at radius 2 is 2.00 bits per heavy atom. The van der Waals surface area contributed by atoms with Gasteiger partial charge in [-0.2, -0.15) is 4.65 Å². The van der Waals surface area contributed by atoms with E-state index in [4.69, 9.17) is 0 Å². The molecule has 0 radical (unpaired) electrons. The second-order valence-corrected chi connectivity index (χ2v) is 6.59. The van der Waals surface area contributed by atoms with Crippen LogP contribution in [0.3, 0.4) is 0 Å². The Hall–Kier alpha value is -2.70. The van der Waals surface area contributed by atoms with Crippen LogP contribution < -0.4 is 10.7 Å². The van der Waals surface area contributed by atoms with Crippen molar-refractivity contribution in [2.24, 2.45) is 0 Å². The average molecular weight is 323 g/mol. The number of fused-ring (bicyclic) bond motifs is 2. The van der Waals surface area contributed by atoms with E-state index in [0.29, 0.717) is 23.9 Å². The van der Waals surface area contributed by atoms with Crippen molar-refractivity contribution in [3.8, 4) is 0 Å². The molecule has 0 amide bonds. The lowest BCUT2D eigenvalue weighted by molar-refractivity contribution is -1.07. The van der Waals surface area contributed by atoms with Gasteiger partial charge in [-0.15, -0.1) is 0 Å². The number of nitrogens with one attached hydrogen (secondary N) is 1. The summed E-state index contributed by atoms with van der Waals surface area (Å²) in [6, 6.07) is 11.4. The highest BCUT2D eigenvalue weighted by molar-refractivity contribution is 6.06. The van der Waals surface area contributed by atoms with Gasteiger partial charge < -0.3 is 5.32 Å². The molecule has 2 heterocycles. The maximum absolute atomic E-state index is 13.0. The molecule has 0 fully saturated rings. The minimum atomic E-state index is -0.126. The molecule has 0 saturated carbocycles. The van der Waals surface area contributed by atoms with Crippen LogP contribution in [-0.4, -0.2) is 46.4 Å². The van der Waals surface area contributed by atoms with Crippen LogP contribution >= 0.6 is 0 Å². The molecule has 0 spiro atoms. The lowest BCUT2D eigenvalue weighted by Crippen LogP contribution is -2.39. The molecule has 122 valence electrons. The second-order valence-electron chi connectivity index (χ2n) is 6.59. The number of likely N-dealkylation sites (N-methyl/N-ethyl adjacent to an activating group) is 1. The summed E-state index contributed by atoms with van der Waals surface area (Å²) in [5.41, 5.74) is 3.28. The number of benzene rings is 2. The molecule has 0 unspecified atom stereocenters. The SMILES string of the molecule is C[N+](C)(O)CCNc1ccc2ncn3c4ccccc4c(=O)c1c23. The fourth-order valence-electron chi connectivity index (χ4n) is 3.14. The van der Waals surface area contributed by atoms with Gasteiger partial charge in [-0.05, 0) is 24.3 Å². The molecular formula is C18H19N4O2+. The molecule has 4 aromatic rings. The number of anilines is 1. The summed E-state index contributed by atoms with van der Waals surface area (Å²) in [6.07, 6.45) is 1.76. The molecule has 6 nitrogen and oxygen atoms in total. The maximum Gasteiger partial charge on any atom is 0.199 e. The Labute approximate surface area is 138 Å². The molecule has 6 heteroatoms. The highest BCUT2D eigenvalue weighted by Gasteiger charge is 2.17. The first-order valence-corrected chi connectivity index (χ1v) is 7.89. The molecule has 0 aliphatic heterocycles.